The average molecular weight is 311 g/mol. The van der Waals surface area contributed by atoms with E-state index in [9.17, 15) is 4.79 Å². The summed E-state index contributed by atoms with van der Waals surface area (Å²) in [6.07, 6.45) is 1.81. The number of hydrogen-bond donors (Lipinski definition) is 0. The van der Waals surface area contributed by atoms with Crippen molar-refractivity contribution < 1.29 is 4.79 Å². The standard InChI is InChI=1S/C19H25N3O/c1-18(2,3)13-7-8-14-16(11-13)22(12-19(14,4)5)17(23)15-9-10-21(6)20-15/h7-11H,12H2,1-6H3. The van der Waals surface area contributed by atoms with E-state index < -0.39 is 0 Å². The summed E-state index contributed by atoms with van der Waals surface area (Å²) in [5.74, 6) is -0.0246. The molecule has 0 unspecified atom stereocenters. The summed E-state index contributed by atoms with van der Waals surface area (Å²) in [7, 11) is 1.83. The van der Waals surface area contributed by atoms with Crippen LogP contribution in [-0.4, -0.2) is 22.2 Å². The lowest BCUT2D eigenvalue weighted by Gasteiger charge is -2.22. The summed E-state index contributed by atoms with van der Waals surface area (Å²) in [5.41, 5.74) is 4.01. The summed E-state index contributed by atoms with van der Waals surface area (Å²) >= 11 is 0. The van der Waals surface area contributed by atoms with Crippen LogP contribution >= 0.6 is 0 Å². The normalized spacial score (nSPS) is 16.5. The molecule has 2 aromatic rings. The largest absolute Gasteiger partial charge is 0.306 e. The fourth-order valence-corrected chi connectivity index (χ4v) is 3.21. The highest BCUT2D eigenvalue weighted by Gasteiger charge is 2.39. The van der Waals surface area contributed by atoms with Crippen molar-refractivity contribution >= 4 is 11.6 Å². The van der Waals surface area contributed by atoms with Crippen molar-refractivity contribution in [2.45, 2.75) is 45.4 Å². The van der Waals surface area contributed by atoms with Crippen LogP contribution in [0.4, 0.5) is 5.69 Å². The molecule has 3 rings (SSSR count). The number of nitrogens with zero attached hydrogens (tertiary/aromatic N) is 3. The van der Waals surface area contributed by atoms with Gasteiger partial charge in [0.25, 0.3) is 5.91 Å². The van der Waals surface area contributed by atoms with Crippen LogP contribution in [0.5, 0.6) is 0 Å². The Kier molecular flexibility index (Phi) is 3.40. The van der Waals surface area contributed by atoms with Gasteiger partial charge in [-0.3, -0.25) is 9.48 Å². The van der Waals surface area contributed by atoms with E-state index in [0.29, 0.717) is 12.2 Å². The van der Waals surface area contributed by atoms with Gasteiger partial charge >= 0.3 is 0 Å². The SMILES string of the molecule is Cn1ccc(C(=O)N2CC(C)(C)c3ccc(C(C)(C)C)cc32)n1. The average Bonchev–Trinajstić information content (AvgIpc) is 2.99. The number of aromatic nitrogens is 2. The van der Waals surface area contributed by atoms with E-state index in [0.717, 1.165) is 5.69 Å². The Bertz CT molecular complexity index is 765. The lowest BCUT2D eigenvalue weighted by molar-refractivity contribution is 0.0980. The van der Waals surface area contributed by atoms with Gasteiger partial charge < -0.3 is 4.90 Å². The zero-order chi connectivity index (χ0) is 17.0. The summed E-state index contributed by atoms with van der Waals surface area (Å²) in [6, 6.07) is 8.32. The van der Waals surface area contributed by atoms with E-state index in [4.69, 9.17) is 0 Å². The van der Waals surface area contributed by atoms with Crippen molar-refractivity contribution in [1.82, 2.24) is 9.78 Å². The maximum absolute atomic E-state index is 12.9. The number of amides is 1. The molecule has 2 heterocycles. The molecule has 1 aromatic heterocycles. The number of benzene rings is 1. The predicted molar refractivity (Wildman–Crippen MR) is 93.1 cm³/mol. The molecule has 0 atom stereocenters. The van der Waals surface area contributed by atoms with Crippen LogP contribution in [-0.2, 0) is 17.9 Å². The Morgan fingerprint density at radius 1 is 1.22 bits per heavy atom. The molecule has 0 N–H and O–H groups in total. The highest BCUT2D eigenvalue weighted by atomic mass is 16.2. The molecule has 122 valence electrons. The minimum Gasteiger partial charge on any atom is -0.306 e. The van der Waals surface area contributed by atoms with Gasteiger partial charge in [0.2, 0.25) is 0 Å². The molecule has 0 aliphatic carbocycles. The van der Waals surface area contributed by atoms with Crippen molar-refractivity contribution in [1.29, 1.82) is 0 Å². The molecule has 0 fully saturated rings. The minimum atomic E-state index is -0.0454. The zero-order valence-electron chi connectivity index (χ0n) is 14.8. The molecule has 0 radical (unpaired) electrons. The fourth-order valence-electron chi connectivity index (χ4n) is 3.21. The second-order valence-corrected chi connectivity index (χ2v) is 8.13. The van der Waals surface area contributed by atoms with Crippen molar-refractivity contribution in [3.8, 4) is 0 Å². The van der Waals surface area contributed by atoms with Crippen LogP contribution in [0.25, 0.3) is 0 Å². The first-order chi connectivity index (χ1) is 10.6. The minimum absolute atomic E-state index is 0.0246. The second kappa shape index (κ2) is 4.95. The number of carbonyl (C=O) groups excluding carboxylic acids is 1. The molecule has 1 amide bonds. The van der Waals surface area contributed by atoms with Gasteiger partial charge in [-0.05, 0) is 28.7 Å². The maximum atomic E-state index is 12.9. The fraction of sp³-hybridized carbons (Fsp3) is 0.474. The van der Waals surface area contributed by atoms with Crippen LogP contribution in [0, 0.1) is 0 Å². The number of anilines is 1. The van der Waals surface area contributed by atoms with Crippen LogP contribution in [0.1, 0.15) is 56.2 Å². The third-order valence-electron chi connectivity index (χ3n) is 4.61. The van der Waals surface area contributed by atoms with E-state index >= 15 is 0 Å². The summed E-state index contributed by atoms with van der Waals surface area (Å²) in [5, 5.41) is 4.27. The molecular weight excluding hydrogens is 286 g/mol. The first-order valence-electron chi connectivity index (χ1n) is 8.06. The van der Waals surface area contributed by atoms with Gasteiger partial charge in [0.15, 0.2) is 5.69 Å². The van der Waals surface area contributed by atoms with Gasteiger partial charge in [0.1, 0.15) is 0 Å². The lowest BCUT2D eigenvalue weighted by Crippen LogP contribution is -2.34. The summed E-state index contributed by atoms with van der Waals surface area (Å²) in [6.45, 7) is 11.6. The zero-order valence-corrected chi connectivity index (χ0v) is 14.8. The van der Waals surface area contributed by atoms with E-state index in [1.165, 1.54) is 11.1 Å². The predicted octanol–water partition coefficient (Wildman–Crippen LogP) is 3.66. The second-order valence-electron chi connectivity index (χ2n) is 8.13. The quantitative estimate of drug-likeness (QED) is 0.806. The van der Waals surface area contributed by atoms with Crippen LogP contribution in [0.3, 0.4) is 0 Å². The highest BCUT2D eigenvalue weighted by Crippen LogP contribution is 2.42. The number of hydrogen-bond acceptors (Lipinski definition) is 2. The summed E-state index contributed by atoms with van der Waals surface area (Å²) < 4.78 is 1.67. The Labute approximate surface area is 138 Å². The first-order valence-corrected chi connectivity index (χ1v) is 8.06. The smallest absolute Gasteiger partial charge is 0.278 e. The molecule has 4 nitrogen and oxygen atoms in total. The molecule has 0 saturated carbocycles. The molecule has 4 heteroatoms. The van der Waals surface area contributed by atoms with Gasteiger partial charge in [-0.2, -0.15) is 5.10 Å². The molecular formula is C19H25N3O. The molecule has 1 aliphatic heterocycles. The van der Waals surface area contributed by atoms with Gasteiger partial charge in [0.05, 0.1) is 0 Å². The van der Waals surface area contributed by atoms with Crippen molar-refractivity contribution in [2.24, 2.45) is 7.05 Å². The first kappa shape index (κ1) is 15.8. The number of fused-ring (bicyclic) bond motifs is 1. The van der Waals surface area contributed by atoms with E-state index in [2.05, 4.69) is 57.9 Å². The van der Waals surface area contributed by atoms with Crippen LogP contribution < -0.4 is 4.90 Å². The third kappa shape index (κ3) is 2.67. The molecule has 0 saturated heterocycles. The van der Waals surface area contributed by atoms with Gasteiger partial charge in [-0.15, -0.1) is 0 Å². The Morgan fingerprint density at radius 2 is 1.91 bits per heavy atom. The molecule has 1 aliphatic rings. The topological polar surface area (TPSA) is 38.1 Å². The maximum Gasteiger partial charge on any atom is 0.278 e. The van der Waals surface area contributed by atoms with Gasteiger partial charge in [0, 0.05) is 30.9 Å². The van der Waals surface area contributed by atoms with Gasteiger partial charge in [-0.25, -0.2) is 0 Å². The summed E-state index contributed by atoms with van der Waals surface area (Å²) in [4.78, 5) is 14.8. The van der Waals surface area contributed by atoms with E-state index in [-0.39, 0.29) is 16.7 Å². The van der Waals surface area contributed by atoms with Crippen LogP contribution in [0.2, 0.25) is 0 Å². The van der Waals surface area contributed by atoms with Crippen molar-refractivity contribution in [3.05, 3.63) is 47.3 Å². The monoisotopic (exact) mass is 311 g/mol. The number of aryl methyl sites for hydroxylation is 1. The lowest BCUT2D eigenvalue weighted by atomic mass is 9.82. The van der Waals surface area contributed by atoms with Crippen molar-refractivity contribution in [3.63, 3.8) is 0 Å². The van der Waals surface area contributed by atoms with Gasteiger partial charge in [-0.1, -0.05) is 46.8 Å². The highest BCUT2D eigenvalue weighted by molar-refractivity contribution is 6.06. The van der Waals surface area contributed by atoms with Crippen molar-refractivity contribution in [2.75, 3.05) is 11.4 Å². The van der Waals surface area contributed by atoms with Crippen LogP contribution in [0.15, 0.2) is 30.5 Å². The Morgan fingerprint density at radius 3 is 2.48 bits per heavy atom. The molecule has 1 aromatic carbocycles. The number of carbonyl (C=O) groups is 1. The van der Waals surface area contributed by atoms with E-state index in [1.807, 2.05) is 11.9 Å². The number of rotatable bonds is 1. The third-order valence-corrected chi connectivity index (χ3v) is 4.61. The Balaban J connectivity index is 2.07. The van der Waals surface area contributed by atoms with E-state index in [1.54, 1.807) is 16.9 Å². The molecule has 0 bridgehead atoms. The molecule has 23 heavy (non-hydrogen) atoms. The molecule has 0 spiro atoms. The Hall–Kier alpha value is -2.10.